The maximum Gasteiger partial charge on any atom is 0.222 e. The van der Waals surface area contributed by atoms with Gasteiger partial charge in [-0.05, 0) is 42.5 Å². The van der Waals surface area contributed by atoms with Gasteiger partial charge >= 0.3 is 0 Å². The molecular weight excluding hydrogens is 367 g/mol. The number of aryl methyl sites for hydroxylation is 1. The zero-order valence-corrected chi connectivity index (χ0v) is 17.1. The van der Waals surface area contributed by atoms with Gasteiger partial charge in [-0.25, -0.2) is 4.39 Å². The quantitative estimate of drug-likeness (QED) is 0.565. The summed E-state index contributed by atoms with van der Waals surface area (Å²) < 4.78 is 17.4. The number of ether oxygens (including phenoxy) is 1. The second kappa shape index (κ2) is 11.6. The van der Waals surface area contributed by atoms with E-state index < -0.39 is 6.67 Å². The summed E-state index contributed by atoms with van der Waals surface area (Å²) in [6, 6.07) is 18.3. The monoisotopic (exact) mass is 398 g/mol. The number of hydrogen-bond acceptors (Lipinski definition) is 3. The molecule has 156 valence electrons. The lowest BCUT2D eigenvalue weighted by Gasteiger charge is -2.35. The number of carbonyl (C=O) groups excluding carboxylic acids is 1. The number of carbonyl (C=O) groups is 1. The molecule has 3 rings (SSSR count). The van der Waals surface area contributed by atoms with E-state index >= 15 is 0 Å². The van der Waals surface area contributed by atoms with Crippen LogP contribution in [-0.2, 0) is 17.8 Å². The predicted molar refractivity (Wildman–Crippen MR) is 114 cm³/mol. The molecule has 1 amide bonds. The predicted octanol–water partition coefficient (Wildman–Crippen LogP) is 4.09. The molecule has 2 aromatic rings. The Morgan fingerprint density at radius 3 is 2.31 bits per heavy atom. The number of halogens is 1. The Morgan fingerprint density at radius 1 is 0.897 bits per heavy atom. The van der Waals surface area contributed by atoms with Crippen LogP contribution in [0, 0.1) is 0 Å². The van der Waals surface area contributed by atoms with Crippen LogP contribution in [0.5, 0.6) is 5.75 Å². The number of nitrogens with zero attached hydrogens (tertiary/aromatic N) is 2. The molecule has 1 aliphatic heterocycles. The van der Waals surface area contributed by atoms with Crippen molar-refractivity contribution in [3.63, 3.8) is 0 Å². The number of benzene rings is 2. The fourth-order valence-corrected chi connectivity index (χ4v) is 3.67. The number of rotatable bonds is 10. The number of amides is 1. The molecule has 0 saturated carbocycles. The molecule has 29 heavy (non-hydrogen) atoms. The van der Waals surface area contributed by atoms with Crippen LogP contribution >= 0.6 is 0 Å². The van der Waals surface area contributed by atoms with E-state index in [1.54, 1.807) is 0 Å². The molecule has 0 atom stereocenters. The van der Waals surface area contributed by atoms with Crippen LogP contribution in [0.4, 0.5) is 4.39 Å². The summed E-state index contributed by atoms with van der Waals surface area (Å²) in [5.74, 6) is 0.987. The molecular formula is C24H31FN2O2. The van der Waals surface area contributed by atoms with E-state index in [1.807, 2.05) is 35.2 Å². The van der Waals surface area contributed by atoms with Gasteiger partial charge in [0, 0.05) is 39.1 Å². The SMILES string of the molecule is O=C(CCCCc1ccccc1)N1CCN(Cc2ccc(OCCF)cc2)CC1. The molecule has 0 bridgehead atoms. The molecule has 0 N–H and O–H groups in total. The first kappa shape index (κ1) is 21.3. The molecule has 0 radical (unpaired) electrons. The Bertz CT molecular complexity index is 728. The van der Waals surface area contributed by atoms with E-state index in [0.717, 1.165) is 52.0 Å². The highest BCUT2D eigenvalue weighted by atomic mass is 19.1. The minimum Gasteiger partial charge on any atom is -0.491 e. The van der Waals surface area contributed by atoms with Crippen LogP contribution in [0.2, 0.25) is 0 Å². The fourth-order valence-electron chi connectivity index (χ4n) is 3.67. The van der Waals surface area contributed by atoms with Crippen molar-refractivity contribution in [3.8, 4) is 5.75 Å². The average Bonchev–Trinajstić information content (AvgIpc) is 2.77. The van der Waals surface area contributed by atoms with Crippen molar-refractivity contribution >= 4 is 5.91 Å². The van der Waals surface area contributed by atoms with Gasteiger partial charge in [0.25, 0.3) is 0 Å². The van der Waals surface area contributed by atoms with E-state index in [-0.39, 0.29) is 12.5 Å². The van der Waals surface area contributed by atoms with E-state index in [9.17, 15) is 9.18 Å². The summed E-state index contributed by atoms with van der Waals surface area (Å²) in [5.41, 5.74) is 2.55. The zero-order valence-electron chi connectivity index (χ0n) is 17.1. The van der Waals surface area contributed by atoms with Crippen molar-refractivity contribution in [3.05, 3.63) is 65.7 Å². The Labute approximate surface area is 173 Å². The van der Waals surface area contributed by atoms with Gasteiger partial charge in [-0.2, -0.15) is 0 Å². The van der Waals surface area contributed by atoms with E-state index in [1.165, 1.54) is 11.1 Å². The van der Waals surface area contributed by atoms with Gasteiger partial charge in [-0.3, -0.25) is 9.69 Å². The summed E-state index contributed by atoms with van der Waals surface area (Å²) in [7, 11) is 0. The van der Waals surface area contributed by atoms with Gasteiger partial charge in [-0.15, -0.1) is 0 Å². The molecule has 1 fully saturated rings. The fraction of sp³-hybridized carbons (Fsp3) is 0.458. The Balaban J connectivity index is 1.32. The average molecular weight is 399 g/mol. The molecule has 4 nitrogen and oxygen atoms in total. The van der Waals surface area contributed by atoms with E-state index in [2.05, 4.69) is 29.2 Å². The zero-order chi connectivity index (χ0) is 20.3. The topological polar surface area (TPSA) is 32.8 Å². The molecule has 2 aromatic carbocycles. The van der Waals surface area contributed by atoms with Gasteiger partial charge in [-0.1, -0.05) is 42.5 Å². The standard InChI is InChI=1S/C24H31FN2O2/c25-14-19-29-23-12-10-22(11-13-23)20-26-15-17-27(18-16-26)24(28)9-5-4-8-21-6-2-1-3-7-21/h1-3,6-7,10-13H,4-5,8-9,14-20H2. The molecule has 1 saturated heterocycles. The molecule has 0 unspecified atom stereocenters. The van der Waals surface area contributed by atoms with E-state index in [4.69, 9.17) is 4.74 Å². The second-order valence-electron chi connectivity index (χ2n) is 7.53. The van der Waals surface area contributed by atoms with Crippen LogP contribution in [0.3, 0.4) is 0 Å². The van der Waals surface area contributed by atoms with Gasteiger partial charge in [0.05, 0.1) is 0 Å². The highest BCUT2D eigenvalue weighted by molar-refractivity contribution is 5.76. The maximum atomic E-state index is 12.5. The lowest BCUT2D eigenvalue weighted by atomic mass is 10.1. The van der Waals surface area contributed by atoms with Crippen LogP contribution < -0.4 is 4.74 Å². The smallest absolute Gasteiger partial charge is 0.222 e. The summed E-state index contributed by atoms with van der Waals surface area (Å²) in [6.07, 6.45) is 3.69. The lowest BCUT2D eigenvalue weighted by Crippen LogP contribution is -2.48. The highest BCUT2D eigenvalue weighted by Crippen LogP contribution is 2.15. The van der Waals surface area contributed by atoms with Crippen molar-refractivity contribution < 1.29 is 13.9 Å². The first-order valence-corrected chi connectivity index (χ1v) is 10.6. The summed E-state index contributed by atoms with van der Waals surface area (Å²) in [6.45, 7) is 3.89. The van der Waals surface area contributed by atoms with Crippen molar-refractivity contribution in [2.24, 2.45) is 0 Å². The van der Waals surface area contributed by atoms with E-state index in [0.29, 0.717) is 12.2 Å². The molecule has 5 heteroatoms. The minimum atomic E-state index is -0.474. The molecule has 0 spiro atoms. The molecule has 0 aromatic heterocycles. The Hall–Kier alpha value is -2.40. The van der Waals surface area contributed by atoms with Crippen molar-refractivity contribution in [1.29, 1.82) is 0 Å². The summed E-state index contributed by atoms with van der Waals surface area (Å²) in [4.78, 5) is 16.8. The van der Waals surface area contributed by atoms with Crippen LogP contribution in [0.1, 0.15) is 30.4 Å². The number of alkyl halides is 1. The third-order valence-electron chi connectivity index (χ3n) is 5.35. The first-order valence-electron chi connectivity index (χ1n) is 10.6. The van der Waals surface area contributed by atoms with Gasteiger partial charge in [0.1, 0.15) is 19.0 Å². The molecule has 1 heterocycles. The summed E-state index contributed by atoms with van der Waals surface area (Å²) in [5, 5.41) is 0. The molecule has 1 aliphatic rings. The Kier molecular flexibility index (Phi) is 8.50. The van der Waals surface area contributed by atoms with Crippen LogP contribution in [0.25, 0.3) is 0 Å². The Morgan fingerprint density at radius 2 is 1.62 bits per heavy atom. The molecule has 0 aliphatic carbocycles. The number of piperazine rings is 1. The normalized spacial score (nSPS) is 14.7. The highest BCUT2D eigenvalue weighted by Gasteiger charge is 2.20. The third kappa shape index (κ3) is 7.17. The maximum absolute atomic E-state index is 12.5. The van der Waals surface area contributed by atoms with Crippen LogP contribution in [-0.4, -0.2) is 55.2 Å². The van der Waals surface area contributed by atoms with Crippen molar-refractivity contribution in [1.82, 2.24) is 9.80 Å². The number of unbranched alkanes of at least 4 members (excludes halogenated alkanes) is 1. The van der Waals surface area contributed by atoms with Crippen LogP contribution in [0.15, 0.2) is 54.6 Å². The third-order valence-corrected chi connectivity index (χ3v) is 5.35. The van der Waals surface area contributed by atoms with Gasteiger partial charge in [0.2, 0.25) is 5.91 Å². The lowest BCUT2D eigenvalue weighted by molar-refractivity contribution is -0.133. The summed E-state index contributed by atoms with van der Waals surface area (Å²) >= 11 is 0. The van der Waals surface area contributed by atoms with Crippen molar-refractivity contribution in [2.45, 2.75) is 32.2 Å². The van der Waals surface area contributed by atoms with Gasteiger partial charge < -0.3 is 9.64 Å². The second-order valence-corrected chi connectivity index (χ2v) is 7.53. The first-order chi connectivity index (χ1) is 14.2. The largest absolute Gasteiger partial charge is 0.491 e. The number of hydrogen-bond donors (Lipinski definition) is 0. The minimum absolute atomic E-state index is 0.0988. The van der Waals surface area contributed by atoms with Crippen molar-refractivity contribution in [2.75, 3.05) is 39.5 Å². The van der Waals surface area contributed by atoms with Gasteiger partial charge in [0.15, 0.2) is 0 Å².